The summed E-state index contributed by atoms with van der Waals surface area (Å²) in [6.07, 6.45) is 7.35. The summed E-state index contributed by atoms with van der Waals surface area (Å²) >= 11 is 0. The minimum absolute atomic E-state index is 0.00537. The molecule has 2 saturated heterocycles. The number of hydrogen-bond acceptors (Lipinski definition) is 3. The van der Waals surface area contributed by atoms with Gasteiger partial charge in [-0.1, -0.05) is 13.8 Å². The molecule has 20 heavy (non-hydrogen) atoms. The van der Waals surface area contributed by atoms with Crippen molar-refractivity contribution in [2.24, 2.45) is 17.3 Å². The number of fused-ring (bicyclic) bond motifs is 2. The Morgan fingerprint density at radius 3 is 2.75 bits per heavy atom. The minimum Gasteiger partial charge on any atom is -0.481 e. The average molecular weight is 280 g/mol. The molecule has 2 aliphatic heterocycles. The zero-order chi connectivity index (χ0) is 14.1. The van der Waals surface area contributed by atoms with Gasteiger partial charge in [0.2, 0.25) is 0 Å². The fourth-order valence-corrected chi connectivity index (χ4v) is 5.03. The first-order valence-electron chi connectivity index (χ1n) is 7.96. The van der Waals surface area contributed by atoms with Crippen molar-refractivity contribution < 1.29 is 19.4 Å². The molecule has 0 aromatic rings. The minimum atomic E-state index is -0.652. The number of epoxide rings is 2. The van der Waals surface area contributed by atoms with E-state index in [0.717, 1.165) is 19.3 Å². The largest absolute Gasteiger partial charge is 0.481 e. The summed E-state index contributed by atoms with van der Waals surface area (Å²) in [5.74, 6) is -0.231. The van der Waals surface area contributed by atoms with E-state index >= 15 is 0 Å². The summed E-state index contributed by atoms with van der Waals surface area (Å²) in [5.41, 5.74) is -0.147. The van der Waals surface area contributed by atoms with Crippen LogP contribution in [-0.4, -0.2) is 35.0 Å². The van der Waals surface area contributed by atoms with Gasteiger partial charge in [0, 0.05) is 0 Å². The average Bonchev–Trinajstić information content (AvgIpc) is 3.22. The maximum Gasteiger partial charge on any atom is 0.306 e. The third-order valence-electron chi connectivity index (χ3n) is 5.94. The molecular formula is C16H24O4. The molecule has 0 radical (unpaired) electrons. The van der Waals surface area contributed by atoms with E-state index in [0.29, 0.717) is 24.5 Å². The number of aliphatic carboxylic acids is 1. The van der Waals surface area contributed by atoms with Crippen LogP contribution in [0.5, 0.6) is 0 Å². The van der Waals surface area contributed by atoms with Crippen LogP contribution < -0.4 is 0 Å². The molecule has 2 heterocycles. The van der Waals surface area contributed by atoms with Gasteiger partial charge in [0.15, 0.2) is 0 Å². The van der Waals surface area contributed by atoms with Crippen molar-refractivity contribution in [3.8, 4) is 0 Å². The molecule has 4 aliphatic rings. The van der Waals surface area contributed by atoms with Crippen molar-refractivity contribution in [1.29, 1.82) is 0 Å². The lowest BCUT2D eigenvalue weighted by Crippen LogP contribution is -2.41. The van der Waals surface area contributed by atoms with Gasteiger partial charge in [0.05, 0.1) is 29.8 Å². The molecule has 4 fully saturated rings. The van der Waals surface area contributed by atoms with Crippen molar-refractivity contribution in [2.45, 2.75) is 76.3 Å². The predicted octanol–water partition coefficient (Wildman–Crippen LogP) is 2.60. The van der Waals surface area contributed by atoms with Gasteiger partial charge in [-0.05, 0) is 49.9 Å². The Hall–Kier alpha value is -0.610. The van der Waals surface area contributed by atoms with Crippen molar-refractivity contribution in [3.05, 3.63) is 0 Å². The second-order valence-electron chi connectivity index (χ2n) is 8.09. The lowest BCUT2D eigenvalue weighted by Gasteiger charge is -2.35. The van der Waals surface area contributed by atoms with Gasteiger partial charge in [-0.25, -0.2) is 0 Å². The standard InChI is InChI=1S/C16H24O4/c1-15(2)7-10(13(17)18)8-16(14(15)20-16)6-9-3-4-11-12(5-9)19-11/h9-12,14H,3-8H2,1-2H3,(H,17,18). The van der Waals surface area contributed by atoms with Crippen molar-refractivity contribution in [1.82, 2.24) is 0 Å². The Kier molecular flexibility index (Phi) is 2.60. The second kappa shape index (κ2) is 3.98. The van der Waals surface area contributed by atoms with Gasteiger partial charge in [0.25, 0.3) is 0 Å². The molecule has 0 aromatic heterocycles. The lowest BCUT2D eigenvalue weighted by atomic mass is 9.65. The van der Waals surface area contributed by atoms with E-state index in [-0.39, 0.29) is 23.0 Å². The van der Waals surface area contributed by atoms with Gasteiger partial charge in [-0.15, -0.1) is 0 Å². The molecule has 0 aromatic carbocycles. The first-order chi connectivity index (χ1) is 9.40. The fourth-order valence-electron chi connectivity index (χ4n) is 5.03. The molecule has 2 aliphatic carbocycles. The molecule has 2 saturated carbocycles. The molecule has 6 unspecified atom stereocenters. The highest BCUT2D eigenvalue weighted by Gasteiger charge is 2.67. The Morgan fingerprint density at radius 2 is 2.05 bits per heavy atom. The third-order valence-corrected chi connectivity index (χ3v) is 5.94. The molecule has 4 heteroatoms. The van der Waals surface area contributed by atoms with E-state index in [1.54, 1.807) is 0 Å². The van der Waals surface area contributed by atoms with Crippen molar-refractivity contribution in [2.75, 3.05) is 0 Å². The Balaban J connectivity index is 1.47. The SMILES string of the molecule is CC1(C)CC(C(=O)O)CC2(CC3CCC4OC4C3)OC12. The topological polar surface area (TPSA) is 62.4 Å². The first kappa shape index (κ1) is 13.1. The highest BCUT2D eigenvalue weighted by molar-refractivity contribution is 5.70. The molecule has 0 amide bonds. The van der Waals surface area contributed by atoms with Gasteiger partial charge in [-0.3, -0.25) is 4.79 Å². The fraction of sp³-hybridized carbons (Fsp3) is 0.938. The van der Waals surface area contributed by atoms with Gasteiger partial charge in [0.1, 0.15) is 0 Å². The van der Waals surface area contributed by atoms with Crippen LogP contribution in [0.15, 0.2) is 0 Å². The van der Waals surface area contributed by atoms with Crippen LogP contribution in [0.3, 0.4) is 0 Å². The summed E-state index contributed by atoms with van der Waals surface area (Å²) in [6, 6.07) is 0. The van der Waals surface area contributed by atoms with Crippen LogP contribution in [0, 0.1) is 17.3 Å². The van der Waals surface area contributed by atoms with E-state index < -0.39 is 5.97 Å². The maximum absolute atomic E-state index is 11.4. The van der Waals surface area contributed by atoms with Gasteiger partial charge in [-0.2, -0.15) is 0 Å². The second-order valence-corrected chi connectivity index (χ2v) is 8.09. The number of rotatable bonds is 3. The highest BCUT2D eigenvalue weighted by Crippen LogP contribution is 2.61. The maximum atomic E-state index is 11.4. The predicted molar refractivity (Wildman–Crippen MR) is 72.4 cm³/mol. The molecule has 112 valence electrons. The van der Waals surface area contributed by atoms with Crippen LogP contribution >= 0.6 is 0 Å². The smallest absolute Gasteiger partial charge is 0.306 e. The molecule has 6 atom stereocenters. The molecule has 1 N–H and O–H groups in total. The summed E-state index contributed by atoms with van der Waals surface area (Å²) in [4.78, 5) is 11.4. The van der Waals surface area contributed by atoms with Crippen LogP contribution in [-0.2, 0) is 14.3 Å². The summed E-state index contributed by atoms with van der Waals surface area (Å²) in [5, 5.41) is 9.40. The van der Waals surface area contributed by atoms with Crippen LogP contribution in [0.4, 0.5) is 0 Å². The number of ether oxygens (including phenoxy) is 2. The van der Waals surface area contributed by atoms with Crippen LogP contribution in [0.25, 0.3) is 0 Å². The van der Waals surface area contributed by atoms with E-state index in [1.807, 2.05) is 0 Å². The number of hydrogen-bond donors (Lipinski definition) is 1. The van der Waals surface area contributed by atoms with Crippen molar-refractivity contribution >= 4 is 5.97 Å². The number of carboxylic acid groups (broad SMARTS) is 1. The van der Waals surface area contributed by atoms with Crippen molar-refractivity contribution in [3.63, 3.8) is 0 Å². The van der Waals surface area contributed by atoms with E-state index in [4.69, 9.17) is 9.47 Å². The molecule has 4 nitrogen and oxygen atoms in total. The summed E-state index contributed by atoms with van der Waals surface area (Å²) in [6.45, 7) is 4.32. The molecule has 4 rings (SSSR count). The number of carbonyl (C=O) groups is 1. The van der Waals surface area contributed by atoms with Gasteiger partial charge < -0.3 is 14.6 Å². The van der Waals surface area contributed by atoms with E-state index in [1.165, 1.54) is 12.8 Å². The van der Waals surface area contributed by atoms with Gasteiger partial charge >= 0.3 is 5.97 Å². The number of carboxylic acids is 1. The Bertz CT molecular complexity index is 446. The van der Waals surface area contributed by atoms with E-state index in [9.17, 15) is 9.90 Å². The normalized spacial score (nSPS) is 51.8. The Labute approximate surface area is 119 Å². The summed E-state index contributed by atoms with van der Waals surface area (Å²) in [7, 11) is 0. The highest BCUT2D eigenvalue weighted by atomic mass is 16.6. The van der Waals surface area contributed by atoms with Crippen LogP contribution in [0.2, 0.25) is 0 Å². The monoisotopic (exact) mass is 280 g/mol. The van der Waals surface area contributed by atoms with E-state index in [2.05, 4.69) is 13.8 Å². The zero-order valence-corrected chi connectivity index (χ0v) is 12.3. The van der Waals surface area contributed by atoms with Crippen LogP contribution in [0.1, 0.15) is 52.4 Å². The third kappa shape index (κ3) is 2.00. The quantitative estimate of drug-likeness (QED) is 0.807. The lowest BCUT2D eigenvalue weighted by molar-refractivity contribution is -0.144. The Morgan fingerprint density at radius 1 is 1.25 bits per heavy atom. The summed E-state index contributed by atoms with van der Waals surface area (Å²) < 4.78 is 11.7. The molecule has 0 spiro atoms. The molecule has 0 bridgehead atoms. The zero-order valence-electron chi connectivity index (χ0n) is 12.3. The molecular weight excluding hydrogens is 256 g/mol. The first-order valence-corrected chi connectivity index (χ1v) is 7.96.